The number of phenols is 1. The number of carbonyl (C=O) groups is 6. The standard InChI is InChI=1S/C52H48F2N10O9/c1-3-32-36(53)10-7-27-17-31(65)18-34(41(27)32)44-43(54)45-35(20-56-44)46(62-22-28-8-9-29(23-62)57-28)61-50(60-45)73-25-52-15-13-30(63(52)21-26(2)19-52)24-72-51(71)55-16-14-40(67)58-37-6-4-5-33-42(37)49(70)64(48(33)69)38-11-12-39(66)59-47(38)68/h1,4-7,10,17-18,20,28-30,38,57,65H,2,8-9,11-16,19,21-25H2,(H,55,71)(H,58,67)(H,59,66,68). The number of hydrogen-bond acceptors (Lipinski definition) is 15. The number of hydrogen-bond donors (Lipinski definition) is 5. The zero-order valence-electron chi connectivity index (χ0n) is 39.3. The number of anilines is 2. The molecule has 2 bridgehead atoms. The van der Waals surface area contributed by atoms with Crippen molar-refractivity contribution >= 4 is 68.8 Å². The van der Waals surface area contributed by atoms with Crippen LogP contribution in [0.3, 0.4) is 0 Å². The van der Waals surface area contributed by atoms with E-state index >= 15 is 8.78 Å². The number of aromatic nitrogens is 3. The van der Waals surface area contributed by atoms with Gasteiger partial charge in [0.05, 0.1) is 33.3 Å². The normalized spacial score (nSPS) is 23.4. The van der Waals surface area contributed by atoms with Crippen LogP contribution in [0.2, 0.25) is 0 Å². The molecule has 0 radical (unpaired) electrons. The minimum absolute atomic E-state index is 0.00973. The van der Waals surface area contributed by atoms with E-state index in [2.05, 4.69) is 53.5 Å². The summed E-state index contributed by atoms with van der Waals surface area (Å²) in [4.78, 5) is 96.0. The largest absolute Gasteiger partial charge is 0.508 e. The molecule has 19 nitrogen and oxygen atoms in total. The Balaban J connectivity index is 0.758. The average molecular weight is 995 g/mol. The van der Waals surface area contributed by atoms with Crippen molar-refractivity contribution in [1.82, 2.24) is 40.7 Å². The molecule has 11 rings (SSSR count). The molecular formula is C52H48F2N10O9. The molecule has 21 heteroatoms. The lowest BCUT2D eigenvalue weighted by molar-refractivity contribution is -0.136. The molecule has 0 aliphatic carbocycles. The Morgan fingerprint density at radius 2 is 1.82 bits per heavy atom. The lowest BCUT2D eigenvalue weighted by Gasteiger charge is -2.35. The predicted octanol–water partition coefficient (Wildman–Crippen LogP) is 4.45. The van der Waals surface area contributed by atoms with E-state index in [1.807, 2.05) is 0 Å². The SMILES string of the molecule is C#Cc1c(F)ccc2cc(O)cc(-c3ncc4c(N5CC6CCC(C5)N6)nc(OCC56CCC(COC(=O)NCCC(=O)Nc7cccc8c7C(=O)N(C7CCC(=O)NC7=O)C8=O)N5CC(=C)C6)nc4c3F)c12. The maximum Gasteiger partial charge on any atom is 0.407 e. The Labute approximate surface area is 415 Å². The topological polar surface area (TPSA) is 238 Å². The van der Waals surface area contributed by atoms with E-state index in [-0.39, 0.29) is 113 Å². The van der Waals surface area contributed by atoms with Gasteiger partial charge in [0, 0.05) is 74.3 Å². The summed E-state index contributed by atoms with van der Waals surface area (Å²) >= 11 is 0. The molecule has 0 saturated carbocycles. The van der Waals surface area contributed by atoms with E-state index in [0.717, 1.165) is 23.3 Å². The lowest BCUT2D eigenvalue weighted by Crippen LogP contribution is -2.54. The number of ether oxygens (including phenoxy) is 2. The van der Waals surface area contributed by atoms with Gasteiger partial charge in [-0.3, -0.25) is 44.1 Å². The third kappa shape index (κ3) is 8.49. The van der Waals surface area contributed by atoms with E-state index < -0.39 is 58.8 Å². The first-order valence-electron chi connectivity index (χ1n) is 24.1. The van der Waals surface area contributed by atoms with Crippen LogP contribution < -0.4 is 30.9 Å². The smallest absolute Gasteiger partial charge is 0.407 e. The summed E-state index contributed by atoms with van der Waals surface area (Å²) < 4.78 is 44.4. The molecule has 0 spiro atoms. The minimum atomic E-state index is -1.17. The number of nitrogens with one attached hydrogen (secondary N) is 4. The molecular weight excluding hydrogens is 947 g/mol. The number of fused-ring (bicyclic) bond motifs is 6. The van der Waals surface area contributed by atoms with Gasteiger partial charge < -0.3 is 35.4 Å². The predicted molar refractivity (Wildman–Crippen MR) is 259 cm³/mol. The first kappa shape index (κ1) is 47.2. The van der Waals surface area contributed by atoms with Crippen LogP contribution in [-0.2, 0) is 19.1 Å². The van der Waals surface area contributed by atoms with E-state index in [4.69, 9.17) is 20.9 Å². The van der Waals surface area contributed by atoms with Crippen LogP contribution in [0.15, 0.2) is 60.8 Å². The number of aromatic hydroxyl groups is 1. The first-order chi connectivity index (χ1) is 35.2. The number of pyridine rings is 1. The van der Waals surface area contributed by atoms with Crippen LogP contribution in [0, 0.1) is 24.0 Å². The fraction of sp³-hybridized carbons (Fsp3) is 0.365. The minimum Gasteiger partial charge on any atom is -0.508 e. The molecule has 5 N–H and O–H groups in total. The van der Waals surface area contributed by atoms with Gasteiger partial charge in [-0.15, -0.1) is 6.42 Å². The number of terminal acetylenes is 1. The Morgan fingerprint density at radius 1 is 1.01 bits per heavy atom. The summed E-state index contributed by atoms with van der Waals surface area (Å²) in [5.41, 5.74) is 0.0936. The lowest BCUT2D eigenvalue weighted by atomic mass is 9.94. The highest BCUT2D eigenvalue weighted by atomic mass is 19.1. The number of rotatable bonds is 12. The highest BCUT2D eigenvalue weighted by Crippen LogP contribution is 2.45. The Morgan fingerprint density at radius 3 is 2.60 bits per heavy atom. The average Bonchev–Trinajstić information content (AvgIpc) is 4.07. The van der Waals surface area contributed by atoms with Crippen molar-refractivity contribution in [3.8, 4) is 35.4 Å². The molecule has 5 atom stereocenters. The Bertz CT molecular complexity index is 3280. The monoisotopic (exact) mass is 994 g/mol. The second-order valence-electron chi connectivity index (χ2n) is 19.5. The van der Waals surface area contributed by atoms with Gasteiger partial charge in [-0.25, -0.2) is 13.6 Å². The van der Waals surface area contributed by atoms with Crippen molar-refractivity contribution in [2.24, 2.45) is 0 Å². The maximum absolute atomic E-state index is 17.2. The van der Waals surface area contributed by atoms with Crippen molar-refractivity contribution < 1.29 is 52.1 Å². The molecule has 5 saturated heterocycles. The molecule has 374 valence electrons. The molecule has 6 aliphatic heterocycles. The van der Waals surface area contributed by atoms with Crippen molar-refractivity contribution in [3.63, 3.8) is 0 Å². The van der Waals surface area contributed by atoms with E-state index in [1.54, 1.807) is 0 Å². The Kier molecular flexibility index (Phi) is 12.0. The van der Waals surface area contributed by atoms with Gasteiger partial charge in [-0.2, -0.15) is 9.97 Å². The van der Waals surface area contributed by atoms with Crippen molar-refractivity contribution in [2.75, 3.05) is 49.6 Å². The maximum atomic E-state index is 17.2. The summed E-state index contributed by atoms with van der Waals surface area (Å²) in [6.07, 6.45) is 10.1. The quantitative estimate of drug-likeness (QED) is 0.0660. The molecule has 5 unspecified atom stereocenters. The molecule has 3 aromatic carbocycles. The number of carbonyl (C=O) groups excluding carboxylic acids is 6. The molecule has 73 heavy (non-hydrogen) atoms. The van der Waals surface area contributed by atoms with E-state index in [9.17, 15) is 33.9 Å². The fourth-order valence-electron chi connectivity index (χ4n) is 11.5. The number of phenolic OH excluding ortho intramolecular Hbond substituents is 1. The van der Waals surface area contributed by atoms with Crippen LogP contribution in [0.4, 0.5) is 25.1 Å². The molecule has 6 aliphatic rings. The number of amides is 6. The number of piperidine rings is 1. The molecule has 5 aromatic rings. The zero-order valence-corrected chi connectivity index (χ0v) is 39.3. The fourth-order valence-corrected chi connectivity index (χ4v) is 11.5. The van der Waals surface area contributed by atoms with Crippen molar-refractivity contribution in [2.45, 2.75) is 81.1 Å². The second kappa shape index (κ2) is 18.5. The van der Waals surface area contributed by atoms with Gasteiger partial charge in [0.25, 0.3) is 11.8 Å². The number of nitrogens with zero attached hydrogens (tertiary/aromatic N) is 6. The van der Waals surface area contributed by atoms with Gasteiger partial charge in [-0.1, -0.05) is 30.2 Å². The highest BCUT2D eigenvalue weighted by molar-refractivity contribution is 6.26. The number of imide groups is 2. The molecule has 6 amide bonds. The summed E-state index contributed by atoms with van der Waals surface area (Å²) in [5.74, 6) is -2.17. The number of alkyl carbamates (subject to hydrolysis) is 1. The number of benzene rings is 3. The molecule has 2 aromatic heterocycles. The van der Waals surface area contributed by atoms with E-state index in [1.165, 1.54) is 48.7 Å². The first-order valence-corrected chi connectivity index (χ1v) is 24.1. The molecule has 8 heterocycles. The summed E-state index contributed by atoms with van der Waals surface area (Å²) in [6, 6.07) is 8.69. The van der Waals surface area contributed by atoms with Crippen LogP contribution >= 0.6 is 0 Å². The second-order valence-corrected chi connectivity index (χ2v) is 19.5. The van der Waals surface area contributed by atoms with Gasteiger partial charge >= 0.3 is 12.1 Å². The summed E-state index contributed by atoms with van der Waals surface area (Å²) in [6.45, 7) is 6.00. The third-order valence-electron chi connectivity index (χ3n) is 14.8. The summed E-state index contributed by atoms with van der Waals surface area (Å²) in [7, 11) is 0. The van der Waals surface area contributed by atoms with Crippen molar-refractivity contribution in [3.05, 3.63) is 89.1 Å². The third-order valence-corrected chi connectivity index (χ3v) is 14.8. The number of halogens is 2. The number of piperazine rings is 1. The zero-order chi connectivity index (χ0) is 50.9. The van der Waals surface area contributed by atoms with Crippen LogP contribution in [0.1, 0.15) is 77.6 Å². The van der Waals surface area contributed by atoms with Gasteiger partial charge in [0.1, 0.15) is 47.9 Å². The van der Waals surface area contributed by atoms with Crippen LogP contribution in [0.5, 0.6) is 11.8 Å². The Hall–Kier alpha value is -8.09. The molecule has 5 fully saturated rings. The summed E-state index contributed by atoms with van der Waals surface area (Å²) in [5, 5.41) is 22.6. The van der Waals surface area contributed by atoms with Crippen LogP contribution in [0.25, 0.3) is 32.9 Å². The van der Waals surface area contributed by atoms with Crippen molar-refractivity contribution in [1.29, 1.82) is 0 Å². The van der Waals surface area contributed by atoms with E-state index in [0.29, 0.717) is 55.5 Å². The van der Waals surface area contributed by atoms with Crippen LogP contribution in [-0.4, -0.2) is 135 Å². The van der Waals surface area contributed by atoms with Gasteiger partial charge in [0.2, 0.25) is 17.7 Å². The highest BCUT2D eigenvalue weighted by Gasteiger charge is 2.52. The van der Waals surface area contributed by atoms with Gasteiger partial charge in [0.15, 0.2) is 5.82 Å². The van der Waals surface area contributed by atoms with Gasteiger partial charge in [-0.05, 0) is 74.2 Å².